The van der Waals surface area contributed by atoms with E-state index in [9.17, 15) is 27.6 Å². The van der Waals surface area contributed by atoms with Gasteiger partial charge in [0.25, 0.3) is 10.2 Å². The van der Waals surface area contributed by atoms with Crippen LogP contribution in [-0.4, -0.2) is 80.5 Å². The van der Waals surface area contributed by atoms with Crippen LogP contribution in [-0.2, 0) is 29.4 Å². The highest BCUT2D eigenvalue weighted by Gasteiger charge is 2.83. The molecule has 0 aromatic carbocycles. The van der Waals surface area contributed by atoms with E-state index in [0.29, 0.717) is 13.0 Å². The lowest BCUT2D eigenvalue weighted by atomic mass is 9.71. The van der Waals surface area contributed by atoms with Crippen LogP contribution in [0.1, 0.15) is 47.5 Å². The van der Waals surface area contributed by atoms with Crippen molar-refractivity contribution < 1.29 is 27.6 Å². The summed E-state index contributed by atoms with van der Waals surface area (Å²) in [6.45, 7) is 9.60. The molecule has 2 aliphatic heterocycles. The van der Waals surface area contributed by atoms with Gasteiger partial charge in [0.05, 0.1) is 0 Å². The average molecular weight is 529 g/mol. The Bertz CT molecular complexity index is 1070. The van der Waals surface area contributed by atoms with Gasteiger partial charge >= 0.3 is 0 Å². The lowest BCUT2D eigenvalue weighted by Gasteiger charge is -2.41. The van der Waals surface area contributed by atoms with Crippen molar-refractivity contribution in [1.82, 2.24) is 19.2 Å². The minimum absolute atomic E-state index is 0.121. The number of fused-ring (bicyclic) bond motifs is 1. The second-order valence-corrected chi connectivity index (χ2v) is 14.1. The van der Waals surface area contributed by atoms with E-state index in [1.54, 1.807) is 20.8 Å². The van der Waals surface area contributed by atoms with Gasteiger partial charge in [0.15, 0.2) is 0 Å². The van der Waals surface area contributed by atoms with E-state index in [1.165, 1.54) is 19.0 Å². The first-order valence-corrected chi connectivity index (χ1v) is 13.6. The third kappa shape index (κ3) is 4.28. The van der Waals surface area contributed by atoms with Crippen LogP contribution in [0, 0.1) is 34.0 Å². The normalized spacial score (nSPS) is 31.1. The van der Waals surface area contributed by atoms with Gasteiger partial charge in [-0.25, -0.2) is 0 Å². The molecule has 1 saturated carbocycles. The fourth-order valence-corrected chi connectivity index (χ4v) is 7.59. The van der Waals surface area contributed by atoms with E-state index in [4.69, 9.17) is 11.5 Å². The van der Waals surface area contributed by atoms with Gasteiger partial charge in [-0.3, -0.25) is 19.2 Å². The number of likely N-dealkylation sites (tertiary alicyclic amines) is 1. The van der Waals surface area contributed by atoms with Crippen LogP contribution in [0.2, 0.25) is 0 Å². The molecular weight excluding hydrogens is 488 g/mol. The van der Waals surface area contributed by atoms with Crippen molar-refractivity contribution in [3.8, 4) is 0 Å². The monoisotopic (exact) mass is 528 g/mol. The molecule has 6 atom stereocenters. The van der Waals surface area contributed by atoms with Crippen molar-refractivity contribution in [2.24, 2.45) is 45.5 Å². The van der Waals surface area contributed by atoms with Crippen LogP contribution in [0.15, 0.2) is 0 Å². The predicted octanol–water partition coefficient (Wildman–Crippen LogP) is -1.24. The molecule has 204 valence electrons. The number of nitrogens with zero attached hydrogens (tertiary/aromatic N) is 2. The summed E-state index contributed by atoms with van der Waals surface area (Å²) in [6, 6.07) is -2.38. The second-order valence-electron chi connectivity index (χ2n) is 12.2. The molecule has 3 fully saturated rings. The standard InChI is InChI=1S/C23H40N6O6S/c1-21(2,3)15(27-36(34,35)28(6)7)20(33)29-11-14-22(4,5)23(14,16(29)18(25)31)13(17(24)30)10-12-8-9-26-19(12)32/h12-16,27H,8-11H2,1-7H3,(H2,24,30)(H2,25,31)(H,26,32)/t12-,13-,14?,15-,16?,23?/m1/s1. The van der Waals surface area contributed by atoms with Gasteiger partial charge in [-0.15, -0.1) is 0 Å². The fourth-order valence-electron chi connectivity index (χ4n) is 6.63. The first-order chi connectivity index (χ1) is 16.3. The van der Waals surface area contributed by atoms with E-state index >= 15 is 0 Å². The lowest BCUT2D eigenvalue weighted by molar-refractivity contribution is -0.146. The Balaban J connectivity index is 2.04. The van der Waals surface area contributed by atoms with Crippen LogP contribution in [0.4, 0.5) is 0 Å². The maximum atomic E-state index is 13.9. The Hall–Kier alpha value is -2.25. The van der Waals surface area contributed by atoms with Gasteiger partial charge in [0.2, 0.25) is 23.6 Å². The van der Waals surface area contributed by atoms with Crippen molar-refractivity contribution in [3.63, 3.8) is 0 Å². The first kappa shape index (κ1) is 28.3. The summed E-state index contributed by atoms with van der Waals surface area (Å²) in [7, 11) is -1.29. The van der Waals surface area contributed by atoms with E-state index in [0.717, 1.165) is 4.31 Å². The van der Waals surface area contributed by atoms with Crippen LogP contribution >= 0.6 is 0 Å². The number of piperidine rings is 1. The molecule has 3 aliphatic rings. The van der Waals surface area contributed by atoms with Gasteiger partial charge in [-0.2, -0.15) is 17.4 Å². The van der Waals surface area contributed by atoms with Crippen LogP contribution < -0.4 is 21.5 Å². The highest BCUT2D eigenvalue weighted by atomic mass is 32.2. The molecule has 36 heavy (non-hydrogen) atoms. The van der Waals surface area contributed by atoms with Crippen molar-refractivity contribution in [3.05, 3.63) is 0 Å². The van der Waals surface area contributed by atoms with E-state index < -0.39 is 68.1 Å². The first-order valence-electron chi connectivity index (χ1n) is 12.2. The summed E-state index contributed by atoms with van der Waals surface area (Å²) in [5.74, 6) is -3.77. The number of hydrogen-bond donors (Lipinski definition) is 4. The zero-order valence-corrected chi connectivity index (χ0v) is 22.9. The van der Waals surface area contributed by atoms with Gasteiger partial charge in [-0.05, 0) is 29.6 Å². The molecule has 3 unspecified atom stereocenters. The van der Waals surface area contributed by atoms with Crippen LogP contribution in [0.3, 0.4) is 0 Å². The highest BCUT2D eigenvalue weighted by Crippen LogP contribution is 2.78. The number of carbonyl (C=O) groups excluding carboxylic acids is 4. The van der Waals surface area contributed by atoms with E-state index in [-0.39, 0.29) is 24.8 Å². The molecule has 0 radical (unpaired) electrons. The van der Waals surface area contributed by atoms with Crippen molar-refractivity contribution in [2.75, 3.05) is 27.2 Å². The molecule has 0 spiro atoms. The summed E-state index contributed by atoms with van der Waals surface area (Å²) in [6.07, 6.45) is 0.703. The number of carbonyl (C=O) groups is 4. The molecule has 0 bridgehead atoms. The Labute approximate surface area is 213 Å². The summed E-state index contributed by atoms with van der Waals surface area (Å²) in [4.78, 5) is 53.4. The number of rotatable bonds is 9. The number of primary amides is 2. The minimum Gasteiger partial charge on any atom is -0.369 e. The Kier molecular flexibility index (Phi) is 7.04. The molecule has 0 aromatic heterocycles. The third-order valence-electron chi connectivity index (χ3n) is 8.64. The molecule has 13 heteroatoms. The second kappa shape index (κ2) is 8.95. The van der Waals surface area contributed by atoms with Gasteiger partial charge in [0.1, 0.15) is 12.1 Å². The summed E-state index contributed by atoms with van der Waals surface area (Å²) in [5.41, 5.74) is 9.32. The average Bonchev–Trinajstić information content (AvgIpc) is 3.09. The molecule has 6 N–H and O–H groups in total. The van der Waals surface area contributed by atoms with Crippen molar-refractivity contribution in [2.45, 2.75) is 59.5 Å². The smallest absolute Gasteiger partial charge is 0.279 e. The zero-order chi connectivity index (χ0) is 27.6. The molecule has 0 aromatic rings. The molecule has 2 saturated heterocycles. The fraction of sp³-hybridized carbons (Fsp3) is 0.826. The summed E-state index contributed by atoms with van der Waals surface area (Å²) >= 11 is 0. The topological polar surface area (TPSA) is 185 Å². The van der Waals surface area contributed by atoms with Crippen molar-refractivity contribution in [1.29, 1.82) is 0 Å². The van der Waals surface area contributed by atoms with Crippen LogP contribution in [0.25, 0.3) is 0 Å². The number of amides is 4. The van der Waals surface area contributed by atoms with E-state index in [2.05, 4.69) is 10.0 Å². The van der Waals surface area contributed by atoms with Gasteiger partial charge < -0.3 is 21.7 Å². The SMILES string of the molecule is CN(C)S(=O)(=O)N[C@H](C(=O)N1CC2C(C)(C)C2([C@H](C[C@H]2CCNC2=O)C(N)=O)C1C(N)=O)C(C)(C)C. The van der Waals surface area contributed by atoms with Gasteiger partial charge in [-0.1, -0.05) is 34.6 Å². The zero-order valence-electron chi connectivity index (χ0n) is 22.1. The molecule has 12 nitrogen and oxygen atoms in total. The Morgan fingerprint density at radius 1 is 1.22 bits per heavy atom. The van der Waals surface area contributed by atoms with Gasteiger partial charge in [0, 0.05) is 44.4 Å². The maximum absolute atomic E-state index is 13.9. The quantitative estimate of drug-likeness (QED) is 0.290. The van der Waals surface area contributed by atoms with E-state index in [1.807, 2.05) is 13.8 Å². The predicted molar refractivity (Wildman–Crippen MR) is 132 cm³/mol. The molecule has 3 rings (SSSR count). The Morgan fingerprint density at radius 2 is 1.81 bits per heavy atom. The third-order valence-corrected chi connectivity index (χ3v) is 10.1. The van der Waals surface area contributed by atoms with Crippen LogP contribution in [0.5, 0.6) is 0 Å². The largest absolute Gasteiger partial charge is 0.369 e. The maximum Gasteiger partial charge on any atom is 0.279 e. The number of nitrogens with one attached hydrogen (secondary N) is 2. The number of nitrogens with two attached hydrogens (primary N) is 2. The highest BCUT2D eigenvalue weighted by molar-refractivity contribution is 7.87. The lowest BCUT2D eigenvalue weighted by Crippen LogP contribution is -2.62. The molecule has 1 aliphatic carbocycles. The summed E-state index contributed by atoms with van der Waals surface area (Å²) < 4.78 is 28.7. The molecule has 4 amide bonds. The van der Waals surface area contributed by atoms with Crippen molar-refractivity contribution >= 4 is 33.8 Å². The molecule has 2 heterocycles. The summed E-state index contributed by atoms with van der Waals surface area (Å²) in [5, 5.41) is 2.76. The minimum atomic E-state index is -3.98. The number of hydrogen-bond acceptors (Lipinski definition) is 6. The molecular formula is C23H40N6O6S. The Morgan fingerprint density at radius 3 is 2.22 bits per heavy atom.